The van der Waals surface area contributed by atoms with Crippen LogP contribution < -0.4 is 0 Å². The highest BCUT2D eigenvalue weighted by Gasteiger charge is 2.28. The molecule has 0 radical (unpaired) electrons. The fourth-order valence-corrected chi connectivity index (χ4v) is 3.15. The summed E-state index contributed by atoms with van der Waals surface area (Å²) >= 11 is 15.5. The van der Waals surface area contributed by atoms with Crippen molar-refractivity contribution in [2.24, 2.45) is 0 Å². The van der Waals surface area contributed by atoms with Gasteiger partial charge in [0, 0.05) is 22.9 Å². The minimum Gasteiger partial charge on any atom is -0.334 e. The molecule has 1 unspecified atom stereocenters. The quantitative estimate of drug-likeness (QED) is 0.726. The first-order valence-corrected chi connectivity index (χ1v) is 7.66. The number of nitrogens with zero attached hydrogens (tertiary/aromatic N) is 1. The van der Waals surface area contributed by atoms with Gasteiger partial charge in [0.2, 0.25) is 0 Å². The Balaban J connectivity index is 2.27. The minimum atomic E-state index is -0.0216. The molecule has 1 amide bonds. The van der Waals surface area contributed by atoms with Crippen molar-refractivity contribution in [2.45, 2.75) is 25.3 Å². The van der Waals surface area contributed by atoms with E-state index in [0.29, 0.717) is 16.5 Å². The molecule has 1 heterocycles. The third-order valence-electron chi connectivity index (χ3n) is 3.25. The van der Waals surface area contributed by atoms with Crippen LogP contribution in [0.5, 0.6) is 0 Å². The highest BCUT2D eigenvalue weighted by molar-refractivity contribution is 9.10. The molecular formula is C13H14BrCl2NO. The van der Waals surface area contributed by atoms with E-state index in [9.17, 15) is 4.79 Å². The molecule has 0 aliphatic carbocycles. The number of carbonyl (C=O) groups excluding carboxylic acids is 1. The molecule has 18 heavy (non-hydrogen) atoms. The number of benzene rings is 1. The van der Waals surface area contributed by atoms with Crippen molar-refractivity contribution in [1.82, 2.24) is 4.90 Å². The first kappa shape index (κ1) is 14.2. The summed E-state index contributed by atoms with van der Waals surface area (Å²) in [5.74, 6) is 0.462. The average molecular weight is 351 g/mol. The third-order valence-corrected chi connectivity index (χ3v) is 4.90. The summed E-state index contributed by atoms with van der Waals surface area (Å²) in [6.45, 7) is 0.763. The summed E-state index contributed by atoms with van der Waals surface area (Å²) in [5, 5.41) is 0.474. The zero-order valence-electron chi connectivity index (χ0n) is 9.83. The third kappa shape index (κ3) is 2.84. The van der Waals surface area contributed by atoms with Crippen molar-refractivity contribution in [2.75, 3.05) is 12.4 Å². The fraction of sp³-hybridized carbons (Fsp3) is 0.462. The molecule has 1 fully saturated rings. The van der Waals surface area contributed by atoms with Gasteiger partial charge in [-0.15, -0.1) is 11.6 Å². The van der Waals surface area contributed by atoms with Crippen molar-refractivity contribution in [3.05, 3.63) is 33.3 Å². The number of hydrogen-bond donors (Lipinski definition) is 0. The van der Waals surface area contributed by atoms with Crippen LogP contribution in [0.4, 0.5) is 0 Å². The summed E-state index contributed by atoms with van der Waals surface area (Å²) in [6, 6.07) is 5.54. The molecule has 1 aromatic rings. The molecule has 0 N–H and O–H groups in total. The minimum absolute atomic E-state index is 0.0216. The Bertz CT molecular complexity index is 453. The molecular weight excluding hydrogens is 337 g/mol. The summed E-state index contributed by atoms with van der Waals surface area (Å²) in [5.41, 5.74) is 0.544. The highest BCUT2D eigenvalue weighted by Crippen LogP contribution is 2.29. The lowest BCUT2D eigenvalue weighted by atomic mass is 10.0. The molecule has 5 heteroatoms. The lowest BCUT2D eigenvalue weighted by molar-refractivity contribution is 0.0639. The van der Waals surface area contributed by atoms with Gasteiger partial charge in [-0.3, -0.25) is 4.79 Å². The summed E-state index contributed by atoms with van der Waals surface area (Å²) in [7, 11) is 0. The van der Waals surface area contributed by atoms with E-state index in [1.807, 2.05) is 17.0 Å². The predicted molar refractivity (Wildman–Crippen MR) is 78.5 cm³/mol. The molecule has 2 rings (SSSR count). The first-order chi connectivity index (χ1) is 8.65. The van der Waals surface area contributed by atoms with Gasteiger partial charge in [0.05, 0.1) is 10.6 Å². The van der Waals surface area contributed by atoms with Gasteiger partial charge in [0.15, 0.2) is 0 Å². The Morgan fingerprint density at radius 3 is 2.94 bits per heavy atom. The van der Waals surface area contributed by atoms with Gasteiger partial charge in [-0.05, 0) is 47.3 Å². The summed E-state index contributed by atoms with van der Waals surface area (Å²) < 4.78 is 0.745. The zero-order chi connectivity index (χ0) is 13.1. The van der Waals surface area contributed by atoms with Gasteiger partial charge < -0.3 is 4.90 Å². The van der Waals surface area contributed by atoms with Crippen LogP contribution in [0, 0.1) is 0 Å². The Morgan fingerprint density at radius 2 is 2.22 bits per heavy atom. The van der Waals surface area contributed by atoms with Crippen LogP contribution in [-0.2, 0) is 0 Å². The van der Waals surface area contributed by atoms with E-state index in [-0.39, 0.29) is 11.9 Å². The maximum absolute atomic E-state index is 12.5. The van der Waals surface area contributed by atoms with Crippen LogP contribution in [0.25, 0.3) is 0 Å². The summed E-state index contributed by atoms with van der Waals surface area (Å²) in [6.07, 6.45) is 3.14. The molecule has 0 bridgehead atoms. The van der Waals surface area contributed by atoms with E-state index in [1.165, 1.54) is 0 Å². The smallest absolute Gasteiger partial charge is 0.255 e. The number of piperidine rings is 1. The zero-order valence-corrected chi connectivity index (χ0v) is 12.9. The number of alkyl halides is 1. The molecule has 1 atom stereocenters. The maximum Gasteiger partial charge on any atom is 0.255 e. The van der Waals surface area contributed by atoms with Gasteiger partial charge in [0.1, 0.15) is 0 Å². The number of hydrogen-bond acceptors (Lipinski definition) is 1. The highest BCUT2D eigenvalue weighted by atomic mass is 79.9. The topological polar surface area (TPSA) is 20.3 Å². The molecule has 1 saturated heterocycles. The Labute approximate surface area is 125 Å². The number of amides is 1. The van der Waals surface area contributed by atoms with E-state index in [4.69, 9.17) is 23.2 Å². The normalized spacial score (nSPS) is 19.9. The molecule has 1 aliphatic heterocycles. The number of likely N-dealkylation sites (tertiary alicyclic amines) is 1. The van der Waals surface area contributed by atoms with Crippen molar-refractivity contribution >= 4 is 45.0 Å². The summed E-state index contributed by atoms with van der Waals surface area (Å²) in [4.78, 5) is 14.4. The van der Waals surface area contributed by atoms with Crippen LogP contribution >= 0.6 is 39.1 Å². The van der Waals surface area contributed by atoms with Crippen molar-refractivity contribution < 1.29 is 4.79 Å². The second-order valence-corrected chi connectivity index (χ2v) is 5.94. The van der Waals surface area contributed by atoms with E-state index in [2.05, 4.69) is 15.9 Å². The van der Waals surface area contributed by atoms with Gasteiger partial charge >= 0.3 is 0 Å². The molecule has 0 spiro atoms. The second kappa shape index (κ2) is 6.27. The molecule has 1 aromatic carbocycles. The van der Waals surface area contributed by atoms with Crippen molar-refractivity contribution in [3.63, 3.8) is 0 Å². The maximum atomic E-state index is 12.5. The van der Waals surface area contributed by atoms with Crippen molar-refractivity contribution in [3.8, 4) is 0 Å². The van der Waals surface area contributed by atoms with E-state index >= 15 is 0 Å². The number of halogens is 3. The lowest BCUT2D eigenvalue weighted by Crippen LogP contribution is -2.44. The Kier molecular flexibility index (Phi) is 4.93. The second-order valence-electron chi connectivity index (χ2n) is 4.40. The van der Waals surface area contributed by atoms with Crippen molar-refractivity contribution in [1.29, 1.82) is 0 Å². The van der Waals surface area contributed by atoms with E-state index in [1.54, 1.807) is 6.07 Å². The van der Waals surface area contributed by atoms with Gasteiger partial charge in [-0.1, -0.05) is 17.7 Å². The number of rotatable bonds is 2. The van der Waals surface area contributed by atoms with Crippen LogP contribution in [0.1, 0.15) is 29.6 Å². The standard InChI is InChI=1S/C13H14BrCl2NO/c14-11-6-3-5-10(12(11)16)13(18)17-7-2-1-4-9(17)8-15/h3,5-6,9H,1-2,4,7-8H2. The molecule has 98 valence electrons. The van der Waals surface area contributed by atoms with Crippen LogP contribution in [-0.4, -0.2) is 29.3 Å². The lowest BCUT2D eigenvalue weighted by Gasteiger charge is -2.34. The molecule has 0 saturated carbocycles. The van der Waals surface area contributed by atoms with Crippen LogP contribution in [0.15, 0.2) is 22.7 Å². The van der Waals surface area contributed by atoms with Crippen LogP contribution in [0.3, 0.4) is 0 Å². The Hall–Kier alpha value is -0.250. The molecule has 2 nitrogen and oxygen atoms in total. The largest absolute Gasteiger partial charge is 0.334 e. The average Bonchev–Trinajstić information content (AvgIpc) is 2.41. The van der Waals surface area contributed by atoms with Gasteiger partial charge in [-0.2, -0.15) is 0 Å². The van der Waals surface area contributed by atoms with Gasteiger partial charge in [-0.25, -0.2) is 0 Å². The van der Waals surface area contributed by atoms with Crippen LogP contribution in [0.2, 0.25) is 5.02 Å². The van der Waals surface area contributed by atoms with E-state index in [0.717, 1.165) is 30.3 Å². The molecule has 0 aromatic heterocycles. The van der Waals surface area contributed by atoms with Gasteiger partial charge in [0.25, 0.3) is 5.91 Å². The first-order valence-electron chi connectivity index (χ1n) is 5.96. The number of carbonyl (C=O) groups is 1. The fourth-order valence-electron chi connectivity index (χ4n) is 2.25. The Morgan fingerprint density at radius 1 is 1.44 bits per heavy atom. The SMILES string of the molecule is O=C(c1cccc(Br)c1Cl)N1CCCCC1CCl. The van der Waals surface area contributed by atoms with E-state index < -0.39 is 0 Å². The monoisotopic (exact) mass is 349 g/mol. The predicted octanol–water partition coefficient (Wildman–Crippen LogP) is 4.34. The molecule has 1 aliphatic rings.